The lowest BCUT2D eigenvalue weighted by atomic mass is 10.3. The maximum atomic E-state index is 11.3. The molecule has 0 aliphatic rings. The zero-order valence-electron chi connectivity index (χ0n) is 6.99. The summed E-state index contributed by atoms with van der Waals surface area (Å²) in [5.41, 5.74) is 1.37. The Morgan fingerprint density at radius 2 is 2.31 bits per heavy atom. The van der Waals surface area contributed by atoms with E-state index in [2.05, 4.69) is 20.9 Å². The van der Waals surface area contributed by atoms with Crippen LogP contribution >= 0.6 is 15.9 Å². The number of rotatable bonds is 1. The molecule has 2 heterocycles. The van der Waals surface area contributed by atoms with Crippen molar-refractivity contribution < 1.29 is 4.79 Å². The number of aromatic nitrogens is 2. The van der Waals surface area contributed by atoms with Gasteiger partial charge in [0, 0.05) is 13.1 Å². The van der Waals surface area contributed by atoms with Gasteiger partial charge in [0.15, 0.2) is 5.78 Å². The smallest absolute Gasteiger partial charge is 0.179 e. The van der Waals surface area contributed by atoms with E-state index in [-0.39, 0.29) is 5.78 Å². The Morgan fingerprint density at radius 3 is 3.00 bits per heavy atom. The van der Waals surface area contributed by atoms with E-state index < -0.39 is 0 Å². The number of fused-ring (bicyclic) bond motifs is 1. The second-order valence-corrected chi connectivity index (χ2v) is 3.49. The van der Waals surface area contributed by atoms with E-state index in [0.29, 0.717) is 10.3 Å². The number of hydrogen-bond donors (Lipinski definition) is 0. The Balaban J connectivity index is 2.86. The Hall–Kier alpha value is -1.16. The number of Topliss-reactive ketones (excluding diaryl/α,β-unsaturated/α-hetero) is 1. The van der Waals surface area contributed by atoms with Gasteiger partial charge in [0.05, 0.1) is 0 Å². The normalized spacial score (nSPS) is 10.6. The predicted octanol–water partition coefficient (Wildman–Crippen LogP) is 2.30. The van der Waals surface area contributed by atoms with Crippen molar-refractivity contribution in [3.63, 3.8) is 0 Å². The van der Waals surface area contributed by atoms with Crippen LogP contribution in [0.5, 0.6) is 0 Å². The van der Waals surface area contributed by atoms with Gasteiger partial charge in [0.25, 0.3) is 0 Å². The summed E-state index contributed by atoms with van der Waals surface area (Å²) in [5, 5.41) is 0. The van der Waals surface area contributed by atoms with Gasteiger partial charge in [0.1, 0.15) is 15.9 Å². The Kier molecular flexibility index (Phi) is 1.92. The summed E-state index contributed by atoms with van der Waals surface area (Å²) in [6, 6.07) is 5.61. The predicted molar refractivity (Wildman–Crippen MR) is 52.9 cm³/mol. The van der Waals surface area contributed by atoms with E-state index in [1.54, 1.807) is 4.40 Å². The fraction of sp³-hybridized carbons (Fsp3) is 0.111. The third-order valence-corrected chi connectivity index (χ3v) is 2.37. The molecule has 0 aliphatic carbocycles. The molecule has 13 heavy (non-hydrogen) atoms. The summed E-state index contributed by atoms with van der Waals surface area (Å²) < 4.78 is 2.37. The number of pyridine rings is 1. The van der Waals surface area contributed by atoms with Crippen LogP contribution in [-0.2, 0) is 0 Å². The van der Waals surface area contributed by atoms with E-state index in [1.165, 1.54) is 6.92 Å². The third-order valence-electron chi connectivity index (χ3n) is 1.82. The molecule has 66 valence electrons. The molecule has 0 fully saturated rings. The Morgan fingerprint density at radius 1 is 1.54 bits per heavy atom. The van der Waals surface area contributed by atoms with Crippen molar-refractivity contribution in [1.82, 2.24) is 9.38 Å². The highest BCUT2D eigenvalue weighted by Crippen LogP contribution is 2.18. The van der Waals surface area contributed by atoms with Gasteiger partial charge < -0.3 is 0 Å². The summed E-state index contributed by atoms with van der Waals surface area (Å²) in [6.07, 6.45) is 1.82. The lowest BCUT2D eigenvalue weighted by Crippen LogP contribution is -1.98. The SMILES string of the molecule is CC(=O)c1c(Br)nc2ccccn12. The zero-order chi connectivity index (χ0) is 9.42. The van der Waals surface area contributed by atoms with E-state index in [0.717, 1.165) is 5.65 Å². The highest BCUT2D eigenvalue weighted by atomic mass is 79.9. The summed E-state index contributed by atoms with van der Waals surface area (Å²) in [6.45, 7) is 1.53. The molecule has 0 atom stereocenters. The minimum atomic E-state index is 0.00516. The Bertz CT molecular complexity index is 475. The highest BCUT2D eigenvalue weighted by molar-refractivity contribution is 9.10. The van der Waals surface area contributed by atoms with Crippen molar-refractivity contribution in [1.29, 1.82) is 0 Å². The lowest BCUT2D eigenvalue weighted by Gasteiger charge is -1.95. The molecule has 4 heteroatoms. The number of carbonyl (C=O) groups is 1. The molecule has 2 aromatic rings. The van der Waals surface area contributed by atoms with E-state index in [4.69, 9.17) is 0 Å². The van der Waals surface area contributed by atoms with Gasteiger partial charge in [-0.1, -0.05) is 6.07 Å². The molecule has 0 N–H and O–H groups in total. The first kappa shape index (κ1) is 8.44. The van der Waals surface area contributed by atoms with Crippen molar-refractivity contribution in [3.05, 3.63) is 34.7 Å². The minimum absolute atomic E-state index is 0.00516. The van der Waals surface area contributed by atoms with Gasteiger partial charge in [-0.25, -0.2) is 4.98 Å². The average Bonchev–Trinajstić information content (AvgIpc) is 2.39. The molecule has 2 rings (SSSR count). The fourth-order valence-electron chi connectivity index (χ4n) is 1.28. The molecule has 0 spiro atoms. The largest absolute Gasteiger partial charge is 0.296 e. The quantitative estimate of drug-likeness (QED) is 0.715. The van der Waals surface area contributed by atoms with Crippen LogP contribution in [0.3, 0.4) is 0 Å². The van der Waals surface area contributed by atoms with E-state index in [1.807, 2.05) is 24.4 Å². The number of imidazole rings is 1. The second kappa shape index (κ2) is 2.96. The highest BCUT2D eigenvalue weighted by Gasteiger charge is 2.12. The molecule has 0 bridgehead atoms. The van der Waals surface area contributed by atoms with Crippen molar-refractivity contribution in [3.8, 4) is 0 Å². The van der Waals surface area contributed by atoms with Crippen molar-refractivity contribution in [2.45, 2.75) is 6.92 Å². The first-order valence-electron chi connectivity index (χ1n) is 3.83. The maximum absolute atomic E-state index is 11.3. The second-order valence-electron chi connectivity index (χ2n) is 2.74. The number of halogens is 1. The van der Waals surface area contributed by atoms with Crippen molar-refractivity contribution in [2.75, 3.05) is 0 Å². The molecule has 0 saturated heterocycles. The van der Waals surface area contributed by atoms with Crippen LogP contribution in [0.1, 0.15) is 17.4 Å². The molecule has 0 aromatic carbocycles. The summed E-state index contributed by atoms with van der Waals surface area (Å²) in [5.74, 6) is 0.00516. The number of ketones is 1. The molecular formula is C9H7BrN2O. The first-order valence-corrected chi connectivity index (χ1v) is 4.63. The van der Waals surface area contributed by atoms with Gasteiger partial charge in [-0.3, -0.25) is 9.20 Å². The molecule has 3 nitrogen and oxygen atoms in total. The van der Waals surface area contributed by atoms with Crippen LogP contribution in [0, 0.1) is 0 Å². The van der Waals surface area contributed by atoms with Gasteiger partial charge in [-0.05, 0) is 28.1 Å². The van der Waals surface area contributed by atoms with Crippen molar-refractivity contribution >= 4 is 27.4 Å². The molecule has 0 radical (unpaired) electrons. The third kappa shape index (κ3) is 1.27. The monoisotopic (exact) mass is 238 g/mol. The summed E-state index contributed by atoms with van der Waals surface area (Å²) in [4.78, 5) is 15.4. The van der Waals surface area contributed by atoms with Crippen LogP contribution in [0.4, 0.5) is 0 Å². The zero-order valence-corrected chi connectivity index (χ0v) is 8.58. The molecule has 2 aromatic heterocycles. The molecule has 0 saturated carbocycles. The van der Waals surface area contributed by atoms with E-state index in [9.17, 15) is 4.79 Å². The minimum Gasteiger partial charge on any atom is -0.296 e. The molecule has 0 unspecified atom stereocenters. The Labute approximate surface area is 83.5 Å². The standard InChI is InChI=1S/C9H7BrN2O/c1-6(13)8-9(10)11-7-4-2-3-5-12(7)8/h2-5H,1H3. The fourth-order valence-corrected chi connectivity index (χ4v) is 1.93. The molecule has 0 aliphatic heterocycles. The molecular weight excluding hydrogens is 232 g/mol. The molecule has 0 amide bonds. The average molecular weight is 239 g/mol. The van der Waals surface area contributed by atoms with Crippen LogP contribution in [-0.4, -0.2) is 15.2 Å². The summed E-state index contributed by atoms with van der Waals surface area (Å²) >= 11 is 3.26. The van der Waals surface area contributed by atoms with Crippen LogP contribution in [0.2, 0.25) is 0 Å². The number of carbonyl (C=O) groups excluding carboxylic acids is 1. The van der Waals surface area contributed by atoms with E-state index >= 15 is 0 Å². The summed E-state index contributed by atoms with van der Waals surface area (Å²) in [7, 11) is 0. The topological polar surface area (TPSA) is 34.4 Å². The van der Waals surface area contributed by atoms with Crippen LogP contribution in [0.15, 0.2) is 29.0 Å². The van der Waals surface area contributed by atoms with Crippen LogP contribution in [0.25, 0.3) is 5.65 Å². The van der Waals surface area contributed by atoms with Gasteiger partial charge >= 0.3 is 0 Å². The first-order chi connectivity index (χ1) is 6.20. The maximum Gasteiger partial charge on any atom is 0.179 e. The van der Waals surface area contributed by atoms with Gasteiger partial charge in [-0.2, -0.15) is 0 Å². The van der Waals surface area contributed by atoms with Crippen molar-refractivity contribution in [2.24, 2.45) is 0 Å². The number of hydrogen-bond acceptors (Lipinski definition) is 2. The van der Waals surface area contributed by atoms with Crippen LogP contribution < -0.4 is 0 Å². The number of nitrogens with zero attached hydrogens (tertiary/aromatic N) is 2. The van der Waals surface area contributed by atoms with Gasteiger partial charge in [0.2, 0.25) is 0 Å². The van der Waals surface area contributed by atoms with Gasteiger partial charge in [-0.15, -0.1) is 0 Å². The lowest BCUT2D eigenvalue weighted by molar-refractivity contribution is 0.101.